The number of nitrogens with one attached hydrogen (secondary N) is 1. The molecular formula is C6H7ClN2O3S. The van der Waals surface area contributed by atoms with E-state index in [4.69, 9.17) is 21.9 Å². The first kappa shape index (κ1) is 10.1. The summed E-state index contributed by atoms with van der Waals surface area (Å²) >= 11 is 5.57. The maximum Gasteiger partial charge on any atom is 0.357 e. The van der Waals surface area contributed by atoms with Gasteiger partial charge in [0.15, 0.2) is 0 Å². The minimum atomic E-state index is -4.29. The van der Waals surface area contributed by atoms with Crippen LogP contribution < -0.4 is 10.5 Å². The van der Waals surface area contributed by atoms with Gasteiger partial charge in [0.1, 0.15) is 0 Å². The van der Waals surface area contributed by atoms with Crippen molar-refractivity contribution in [2.24, 2.45) is 0 Å². The molecule has 0 bridgehead atoms. The molecule has 0 radical (unpaired) electrons. The third-order valence-electron chi connectivity index (χ3n) is 1.25. The van der Waals surface area contributed by atoms with Gasteiger partial charge in [-0.05, 0) is 18.2 Å². The third kappa shape index (κ3) is 3.10. The number of rotatable bonds is 2. The molecule has 1 aromatic carbocycles. The van der Waals surface area contributed by atoms with Crippen LogP contribution >= 0.6 is 11.6 Å². The fourth-order valence-electron chi connectivity index (χ4n) is 0.765. The Morgan fingerprint density at radius 3 is 2.54 bits per heavy atom. The number of anilines is 2. The summed E-state index contributed by atoms with van der Waals surface area (Å²) in [7, 11) is -4.29. The highest BCUT2D eigenvalue weighted by Gasteiger charge is 2.06. The third-order valence-corrected chi connectivity index (χ3v) is 1.97. The van der Waals surface area contributed by atoms with Gasteiger partial charge in [-0.15, -0.1) is 0 Å². The highest BCUT2D eigenvalue weighted by molar-refractivity contribution is 7.87. The Hall–Kier alpha value is -0.980. The Bertz CT molecular complexity index is 418. The highest BCUT2D eigenvalue weighted by Crippen LogP contribution is 2.22. The van der Waals surface area contributed by atoms with Crippen LogP contribution in [0.5, 0.6) is 0 Å². The van der Waals surface area contributed by atoms with Crippen molar-refractivity contribution in [2.45, 2.75) is 0 Å². The molecule has 0 heterocycles. The number of nitrogen functional groups attached to an aromatic ring is 1. The van der Waals surface area contributed by atoms with E-state index in [1.807, 2.05) is 4.72 Å². The van der Waals surface area contributed by atoms with Crippen LogP contribution in [-0.4, -0.2) is 13.0 Å². The van der Waals surface area contributed by atoms with E-state index >= 15 is 0 Å². The second-order valence-electron chi connectivity index (χ2n) is 2.31. The fourth-order valence-corrected chi connectivity index (χ4v) is 1.41. The summed E-state index contributed by atoms with van der Waals surface area (Å²) in [4.78, 5) is 0. The first-order valence-electron chi connectivity index (χ1n) is 3.19. The zero-order valence-electron chi connectivity index (χ0n) is 6.36. The number of hydrogen-bond acceptors (Lipinski definition) is 3. The molecule has 0 atom stereocenters. The Balaban J connectivity index is 3.04. The summed E-state index contributed by atoms with van der Waals surface area (Å²) in [6.45, 7) is 0. The first-order valence-corrected chi connectivity index (χ1v) is 5.00. The average Bonchev–Trinajstić information content (AvgIpc) is 1.93. The molecule has 7 heteroatoms. The van der Waals surface area contributed by atoms with Crippen molar-refractivity contribution in [2.75, 3.05) is 10.5 Å². The van der Waals surface area contributed by atoms with E-state index in [9.17, 15) is 8.42 Å². The van der Waals surface area contributed by atoms with E-state index in [2.05, 4.69) is 0 Å². The molecule has 0 saturated heterocycles. The molecule has 1 rings (SSSR count). The predicted molar refractivity (Wildman–Crippen MR) is 51.0 cm³/mol. The van der Waals surface area contributed by atoms with Gasteiger partial charge in [-0.25, -0.2) is 0 Å². The molecular weight excluding hydrogens is 216 g/mol. The van der Waals surface area contributed by atoms with Crippen LogP contribution in [0.15, 0.2) is 18.2 Å². The molecule has 4 N–H and O–H groups in total. The van der Waals surface area contributed by atoms with E-state index in [0.29, 0.717) is 5.02 Å². The molecule has 1 aromatic rings. The number of nitrogens with two attached hydrogens (primary N) is 1. The predicted octanol–water partition coefficient (Wildman–Crippen LogP) is 1.14. The molecule has 0 unspecified atom stereocenters. The van der Waals surface area contributed by atoms with Crippen molar-refractivity contribution in [3.63, 3.8) is 0 Å². The van der Waals surface area contributed by atoms with E-state index in [-0.39, 0.29) is 11.4 Å². The lowest BCUT2D eigenvalue weighted by Gasteiger charge is -2.05. The Morgan fingerprint density at radius 2 is 2.08 bits per heavy atom. The summed E-state index contributed by atoms with van der Waals surface area (Å²) in [5, 5.41) is 0.387. The fraction of sp³-hybridized carbons (Fsp3) is 0. The average molecular weight is 223 g/mol. The number of hydrogen-bond donors (Lipinski definition) is 3. The number of benzene rings is 1. The summed E-state index contributed by atoms with van der Waals surface area (Å²) in [5.41, 5.74) is 5.64. The van der Waals surface area contributed by atoms with Crippen LogP contribution in [0.2, 0.25) is 5.02 Å². The molecule has 5 nitrogen and oxygen atoms in total. The van der Waals surface area contributed by atoms with E-state index in [1.54, 1.807) is 0 Å². The van der Waals surface area contributed by atoms with Crippen LogP contribution in [0.1, 0.15) is 0 Å². The summed E-state index contributed by atoms with van der Waals surface area (Å²) in [6, 6.07) is 4.17. The maximum absolute atomic E-state index is 10.4. The number of halogens is 1. The largest absolute Gasteiger partial charge is 0.397 e. The highest BCUT2D eigenvalue weighted by atomic mass is 35.5. The maximum atomic E-state index is 10.4. The van der Waals surface area contributed by atoms with Gasteiger partial charge in [0.05, 0.1) is 11.4 Å². The minimum absolute atomic E-state index is 0.0897. The van der Waals surface area contributed by atoms with Crippen molar-refractivity contribution in [3.05, 3.63) is 23.2 Å². The second-order valence-corrected chi connectivity index (χ2v) is 3.90. The van der Waals surface area contributed by atoms with Crippen LogP contribution in [0, 0.1) is 0 Å². The van der Waals surface area contributed by atoms with Gasteiger partial charge >= 0.3 is 10.3 Å². The van der Waals surface area contributed by atoms with Gasteiger partial charge in [-0.3, -0.25) is 9.27 Å². The van der Waals surface area contributed by atoms with Crippen molar-refractivity contribution >= 4 is 33.3 Å². The molecule has 0 spiro atoms. The van der Waals surface area contributed by atoms with E-state index in [1.165, 1.54) is 18.2 Å². The topological polar surface area (TPSA) is 92.4 Å². The Labute approximate surface area is 80.4 Å². The van der Waals surface area contributed by atoms with Crippen LogP contribution in [-0.2, 0) is 10.3 Å². The normalized spacial score (nSPS) is 11.2. The zero-order valence-corrected chi connectivity index (χ0v) is 7.93. The molecule has 0 saturated carbocycles. The summed E-state index contributed by atoms with van der Waals surface area (Å²) in [5.74, 6) is 0. The molecule has 0 amide bonds. The Kier molecular flexibility index (Phi) is 2.65. The van der Waals surface area contributed by atoms with Gasteiger partial charge in [-0.2, -0.15) is 8.42 Å². The van der Waals surface area contributed by atoms with Crippen LogP contribution in [0.4, 0.5) is 11.4 Å². The molecule has 0 aliphatic heterocycles. The van der Waals surface area contributed by atoms with Gasteiger partial charge in [-0.1, -0.05) is 11.6 Å². The van der Waals surface area contributed by atoms with Gasteiger partial charge in [0, 0.05) is 5.02 Å². The smallest absolute Gasteiger partial charge is 0.357 e. The minimum Gasteiger partial charge on any atom is -0.397 e. The molecule has 0 aliphatic carbocycles. The monoisotopic (exact) mass is 222 g/mol. The van der Waals surface area contributed by atoms with Crippen molar-refractivity contribution in [1.29, 1.82) is 0 Å². The molecule has 0 aliphatic rings. The van der Waals surface area contributed by atoms with Crippen LogP contribution in [0.25, 0.3) is 0 Å². The molecule has 13 heavy (non-hydrogen) atoms. The Morgan fingerprint density at radius 1 is 1.46 bits per heavy atom. The standard InChI is InChI=1S/C6H7ClN2O3S/c7-4-1-2-6(5(8)3-4)9-13(10,11)12/h1-3,9H,8H2,(H,10,11,12). The van der Waals surface area contributed by atoms with E-state index in [0.717, 1.165) is 0 Å². The lowest BCUT2D eigenvalue weighted by molar-refractivity contribution is 0.490. The van der Waals surface area contributed by atoms with Gasteiger partial charge < -0.3 is 5.73 Å². The SMILES string of the molecule is Nc1cc(Cl)ccc1NS(=O)(=O)O. The summed E-state index contributed by atoms with van der Waals surface area (Å²) < 4.78 is 31.0. The molecule has 0 aromatic heterocycles. The quantitative estimate of drug-likeness (QED) is 0.517. The summed E-state index contributed by atoms with van der Waals surface area (Å²) in [6.07, 6.45) is 0. The van der Waals surface area contributed by atoms with Crippen molar-refractivity contribution in [3.8, 4) is 0 Å². The van der Waals surface area contributed by atoms with Crippen LogP contribution in [0.3, 0.4) is 0 Å². The van der Waals surface area contributed by atoms with E-state index < -0.39 is 10.3 Å². The molecule has 72 valence electrons. The van der Waals surface area contributed by atoms with Crippen molar-refractivity contribution < 1.29 is 13.0 Å². The van der Waals surface area contributed by atoms with Gasteiger partial charge in [0.2, 0.25) is 0 Å². The lowest BCUT2D eigenvalue weighted by Crippen LogP contribution is -2.11. The lowest BCUT2D eigenvalue weighted by atomic mass is 10.3. The van der Waals surface area contributed by atoms with Crippen molar-refractivity contribution in [1.82, 2.24) is 0 Å². The second kappa shape index (κ2) is 3.41. The zero-order chi connectivity index (χ0) is 10.1. The molecule has 0 fully saturated rings. The van der Waals surface area contributed by atoms with Gasteiger partial charge in [0.25, 0.3) is 0 Å². The first-order chi connectivity index (χ1) is 5.88.